The Balaban J connectivity index is 2.74. The first-order chi connectivity index (χ1) is 13.0. The van der Waals surface area contributed by atoms with E-state index in [4.69, 9.17) is 4.74 Å². The van der Waals surface area contributed by atoms with Crippen LogP contribution in [0.4, 0.5) is 0 Å². The number of carbonyl (C=O) groups excluding carboxylic acids is 2. The van der Waals surface area contributed by atoms with E-state index in [-0.39, 0.29) is 12.5 Å². The lowest BCUT2D eigenvalue weighted by atomic mass is 10.0. The van der Waals surface area contributed by atoms with E-state index in [2.05, 4.69) is 23.3 Å². The van der Waals surface area contributed by atoms with Gasteiger partial charge < -0.3 is 20.5 Å². The standard InChI is InChI=1S/C20H30N2O5S/c1-12(2)16(28)17(23)22-20(4,5)19(26)21-15(18(24)25)13(3)27-11-14-9-7-6-8-10-14/h6-10,12-13,15-16,28H,11H2,1-5H3,(H,21,26)(H,22,23)(H,24,25)/t13-,15+,16+/m1/s1. The predicted octanol–water partition coefficient (Wildman–Crippen LogP) is 2.01. The molecule has 28 heavy (non-hydrogen) atoms. The summed E-state index contributed by atoms with van der Waals surface area (Å²) in [4.78, 5) is 36.5. The lowest BCUT2D eigenvalue weighted by Gasteiger charge is -2.30. The van der Waals surface area contributed by atoms with Gasteiger partial charge in [-0.05, 0) is 32.3 Å². The van der Waals surface area contributed by atoms with E-state index in [0.717, 1.165) is 5.56 Å². The van der Waals surface area contributed by atoms with Gasteiger partial charge in [-0.3, -0.25) is 9.59 Å². The molecule has 0 saturated carbocycles. The van der Waals surface area contributed by atoms with Crippen molar-refractivity contribution in [1.82, 2.24) is 10.6 Å². The van der Waals surface area contributed by atoms with Crippen LogP contribution in [0, 0.1) is 5.92 Å². The van der Waals surface area contributed by atoms with Crippen molar-refractivity contribution in [3.8, 4) is 0 Å². The number of ether oxygens (including phenoxy) is 1. The lowest BCUT2D eigenvalue weighted by molar-refractivity contribution is -0.147. The Morgan fingerprint density at radius 3 is 2.21 bits per heavy atom. The van der Waals surface area contributed by atoms with Crippen LogP contribution >= 0.6 is 12.6 Å². The lowest BCUT2D eigenvalue weighted by Crippen LogP contribution is -2.61. The molecule has 7 nitrogen and oxygen atoms in total. The summed E-state index contributed by atoms with van der Waals surface area (Å²) in [6, 6.07) is 8.06. The van der Waals surface area contributed by atoms with Crippen LogP contribution < -0.4 is 10.6 Å². The number of amides is 2. The van der Waals surface area contributed by atoms with Crippen LogP contribution in [0.2, 0.25) is 0 Å². The second-order valence-corrected chi connectivity index (χ2v) is 8.15. The van der Waals surface area contributed by atoms with E-state index in [1.807, 2.05) is 44.2 Å². The molecule has 0 aliphatic rings. The molecule has 1 aromatic rings. The summed E-state index contributed by atoms with van der Waals surface area (Å²) in [6.07, 6.45) is -0.776. The van der Waals surface area contributed by atoms with Crippen molar-refractivity contribution >= 4 is 30.4 Å². The van der Waals surface area contributed by atoms with E-state index in [0.29, 0.717) is 0 Å². The van der Waals surface area contributed by atoms with Crippen LogP contribution in [-0.4, -0.2) is 45.8 Å². The first-order valence-corrected chi connectivity index (χ1v) is 9.66. The topological polar surface area (TPSA) is 105 Å². The molecule has 0 spiro atoms. The SMILES string of the molecule is CC(C)[C@H](S)C(=O)NC(C)(C)C(=O)N[C@H](C(=O)O)[C@@H](C)OCc1ccccc1. The minimum atomic E-state index is -1.31. The Hall–Kier alpha value is -2.06. The van der Waals surface area contributed by atoms with E-state index < -0.39 is 40.7 Å². The van der Waals surface area contributed by atoms with Crippen molar-refractivity contribution in [2.75, 3.05) is 0 Å². The Kier molecular flexibility index (Phi) is 8.97. The Labute approximate surface area is 171 Å². The largest absolute Gasteiger partial charge is 0.480 e. The molecule has 1 aromatic carbocycles. The number of thiol groups is 1. The third-order valence-electron chi connectivity index (χ3n) is 4.28. The highest BCUT2D eigenvalue weighted by molar-refractivity contribution is 7.81. The second kappa shape index (κ2) is 10.5. The summed E-state index contributed by atoms with van der Waals surface area (Å²) in [7, 11) is 0. The van der Waals surface area contributed by atoms with E-state index in [9.17, 15) is 19.5 Å². The quantitative estimate of drug-likeness (QED) is 0.442. The number of aliphatic carboxylic acids is 1. The molecule has 1 rings (SSSR count). The molecule has 0 unspecified atom stereocenters. The average molecular weight is 411 g/mol. The molecule has 8 heteroatoms. The van der Waals surface area contributed by atoms with Gasteiger partial charge in [-0.1, -0.05) is 44.2 Å². The predicted molar refractivity (Wildman–Crippen MR) is 110 cm³/mol. The van der Waals surface area contributed by atoms with Crippen molar-refractivity contribution in [1.29, 1.82) is 0 Å². The van der Waals surface area contributed by atoms with Crippen molar-refractivity contribution in [3.05, 3.63) is 35.9 Å². The van der Waals surface area contributed by atoms with Crippen LogP contribution in [0.3, 0.4) is 0 Å². The summed E-state index contributed by atoms with van der Waals surface area (Å²) in [5.41, 5.74) is -0.411. The van der Waals surface area contributed by atoms with Crippen LogP contribution in [-0.2, 0) is 25.7 Å². The average Bonchev–Trinajstić information content (AvgIpc) is 2.63. The maximum atomic E-state index is 12.6. The maximum Gasteiger partial charge on any atom is 0.328 e. The summed E-state index contributed by atoms with van der Waals surface area (Å²) in [5, 5.41) is 14.0. The summed E-state index contributed by atoms with van der Waals surface area (Å²) in [6.45, 7) is 8.51. The minimum absolute atomic E-state index is 0.0135. The van der Waals surface area contributed by atoms with Crippen molar-refractivity contribution in [2.24, 2.45) is 5.92 Å². The highest BCUT2D eigenvalue weighted by atomic mass is 32.1. The number of nitrogens with one attached hydrogen (secondary N) is 2. The van der Waals surface area contributed by atoms with E-state index >= 15 is 0 Å². The van der Waals surface area contributed by atoms with Crippen LogP contribution in [0.25, 0.3) is 0 Å². The number of benzene rings is 1. The van der Waals surface area contributed by atoms with Crippen molar-refractivity contribution < 1.29 is 24.2 Å². The first kappa shape index (κ1) is 24.0. The normalized spacial score (nSPS) is 14.8. The van der Waals surface area contributed by atoms with Crippen molar-refractivity contribution in [3.63, 3.8) is 0 Å². The van der Waals surface area contributed by atoms with Gasteiger partial charge in [0.2, 0.25) is 11.8 Å². The zero-order valence-corrected chi connectivity index (χ0v) is 17.8. The minimum Gasteiger partial charge on any atom is -0.480 e. The van der Waals surface area contributed by atoms with Crippen LogP contribution in [0.1, 0.15) is 40.2 Å². The second-order valence-electron chi connectivity index (χ2n) is 7.59. The molecule has 3 N–H and O–H groups in total. The number of carboxylic acids is 1. The van der Waals surface area contributed by atoms with Gasteiger partial charge >= 0.3 is 5.97 Å². The number of carbonyl (C=O) groups is 3. The fourth-order valence-corrected chi connectivity index (χ4v) is 2.41. The Morgan fingerprint density at radius 2 is 1.71 bits per heavy atom. The van der Waals surface area contributed by atoms with E-state index in [1.54, 1.807) is 6.92 Å². The molecule has 2 amide bonds. The van der Waals surface area contributed by atoms with Gasteiger partial charge in [0.25, 0.3) is 0 Å². The molecule has 0 heterocycles. The molecular weight excluding hydrogens is 380 g/mol. The smallest absolute Gasteiger partial charge is 0.328 e. The van der Waals surface area contributed by atoms with Crippen LogP contribution in [0.15, 0.2) is 30.3 Å². The Morgan fingerprint density at radius 1 is 1.14 bits per heavy atom. The number of hydrogen-bond acceptors (Lipinski definition) is 5. The van der Waals surface area contributed by atoms with Gasteiger partial charge in [0.15, 0.2) is 6.04 Å². The Bertz CT molecular complexity index is 678. The van der Waals surface area contributed by atoms with Crippen molar-refractivity contribution in [2.45, 2.75) is 64.2 Å². The van der Waals surface area contributed by atoms with E-state index in [1.165, 1.54) is 13.8 Å². The third-order valence-corrected chi connectivity index (χ3v) is 5.11. The fourth-order valence-electron chi connectivity index (χ4n) is 2.34. The zero-order chi connectivity index (χ0) is 21.5. The highest BCUT2D eigenvalue weighted by Crippen LogP contribution is 2.13. The van der Waals surface area contributed by atoms with Gasteiger partial charge in [0.1, 0.15) is 5.54 Å². The maximum absolute atomic E-state index is 12.6. The fraction of sp³-hybridized carbons (Fsp3) is 0.550. The molecular formula is C20H30N2O5S. The van der Waals surface area contributed by atoms with Gasteiger partial charge in [-0.15, -0.1) is 0 Å². The molecule has 0 radical (unpaired) electrons. The molecule has 0 aliphatic heterocycles. The zero-order valence-electron chi connectivity index (χ0n) is 16.9. The van der Waals surface area contributed by atoms with Gasteiger partial charge in [0, 0.05) is 0 Å². The van der Waals surface area contributed by atoms with Gasteiger partial charge in [0.05, 0.1) is 18.0 Å². The molecule has 0 fully saturated rings. The third kappa shape index (κ3) is 7.16. The monoisotopic (exact) mass is 410 g/mol. The molecule has 3 atom stereocenters. The number of hydrogen-bond donors (Lipinski definition) is 4. The van der Waals surface area contributed by atoms with Crippen LogP contribution in [0.5, 0.6) is 0 Å². The summed E-state index contributed by atoms with van der Waals surface area (Å²) >= 11 is 4.24. The molecule has 0 aromatic heterocycles. The molecule has 156 valence electrons. The van der Waals surface area contributed by atoms with Gasteiger partial charge in [-0.25, -0.2) is 4.79 Å². The number of carboxylic acid groups (broad SMARTS) is 1. The van der Waals surface area contributed by atoms with Gasteiger partial charge in [-0.2, -0.15) is 12.6 Å². The summed E-state index contributed by atoms with van der Waals surface area (Å²) < 4.78 is 5.62. The molecule has 0 saturated heterocycles. The first-order valence-electron chi connectivity index (χ1n) is 9.15. The molecule has 0 aliphatic carbocycles. The highest BCUT2D eigenvalue weighted by Gasteiger charge is 2.36. The summed E-state index contributed by atoms with van der Waals surface area (Å²) in [5.74, 6) is -2.24. The molecule has 0 bridgehead atoms. The number of rotatable bonds is 10.